The summed E-state index contributed by atoms with van der Waals surface area (Å²) in [6, 6.07) is 12.5. The van der Waals surface area contributed by atoms with Crippen LogP contribution >= 0.6 is 23.6 Å². The average Bonchev–Trinajstić information content (AvgIpc) is 4.02. The Morgan fingerprint density at radius 3 is 2.20 bits per heavy atom. The molecule has 2 atom stereocenters. The van der Waals surface area contributed by atoms with Crippen molar-refractivity contribution in [3.63, 3.8) is 0 Å². The van der Waals surface area contributed by atoms with Crippen molar-refractivity contribution >= 4 is 63.7 Å². The molecular weight excluding hydrogens is 969 g/mol. The highest BCUT2D eigenvalue weighted by Crippen LogP contribution is 2.42. The molecule has 71 heavy (non-hydrogen) atoms. The van der Waals surface area contributed by atoms with E-state index in [1.807, 2.05) is 57.5 Å². The minimum atomic E-state index is -5.20. The van der Waals surface area contributed by atoms with Gasteiger partial charge in [0.25, 0.3) is 5.91 Å². The SMILES string of the molecule is Cc1nc(OCCOCCOCCOCC(=O)NC(C(=O)N2CCCC2C(=O)NCc2ccc(-c3scnc3C)cc2)C(C)(C)C)ccc1N1C(=S)N(c2ccc(C#N)c(C(F)(F)F)c2F)C(=O)C1(C)C. The van der Waals surface area contributed by atoms with Crippen molar-refractivity contribution in [2.75, 3.05) is 62.6 Å². The Labute approximate surface area is 418 Å². The van der Waals surface area contributed by atoms with Crippen LogP contribution in [-0.4, -0.2) is 114 Å². The number of benzene rings is 2. The molecule has 4 heterocycles. The number of amides is 4. The van der Waals surface area contributed by atoms with E-state index in [1.165, 1.54) is 30.9 Å². The van der Waals surface area contributed by atoms with E-state index in [0.717, 1.165) is 33.8 Å². The van der Waals surface area contributed by atoms with Crippen molar-refractivity contribution in [1.29, 1.82) is 5.26 Å². The summed E-state index contributed by atoms with van der Waals surface area (Å²) in [5.74, 6) is -3.43. The summed E-state index contributed by atoms with van der Waals surface area (Å²) in [6.07, 6.45) is -4.03. The van der Waals surface area contributed by atoms with Gasteiger partial charge in [0.1, 0.15) is 36.4 Å². The second-order valence-electron chi connectivity index (χ2n) is 18.4. The molecule has 380 valence electrons. The Hall–Kier alpha value is -6.12. The first-order valence-electron chi connectivity index (χ1n) is 22.7. The number of pyridine rings is 1. The minimum Gasteiger partial charge on any atom is -0.475 e. The molecule has 0 bridgehead atoms. The maximum absolute atomic E-state index is 15.4. The van der Waals surface area contributed by atoms with Crippen LogP contribution in [0.1, 0.15) is 75.5 Å². The molecule has 0 radical (unpaired) electrons. The van der Waals surface area contributed by atoms with Crippen LogP contribution in [0, 0.1) is 36.4 Å². The van der Waals surface area contributed by atoms with E-state index in [4.69, 9.17) is 31.2 Å². The molecule has 4 amide bonds. The summed E-state index contributed by atoms with van der Waals surface area (Å²) in [6.45, 7) is 13.5. The summed E-state index contributed by atoms with van der Waals surface area (Å²) in [4.78, 5) is 67.3. The second-order valence-corrected chi connectivity index (χ2v) is 19.6. The number of anilines is 2. The number of ether oxygens (including phenoxy) is 4. The highest BCUT2D eigenvalue weighted by Gasteiger charge is 2.52. The molecule has 2 unspecified atom stereocenters. The molecule has 16 nitrogen and oxygen atoms in total. The fourth-order valence-corrected chi connectivity index (χ4v) is 9.48. The number of nitrogens with one attached hydrogen (secondary N) is 2. The predicted molar refractivity (Wildman–Crippen MR) is 260 cm³/mol. The quantitative estimate of drug-likeness (QED) is 0.0522. The standard InChI is InChI=1S/C49H56F4N8O8S2/c1-29-34(61-46(70)60(45(65)48(61,6)7)35-15-14-33(25-54)39(40(35)50)49(51,52)53)16-17-38(57-29)69-24-23-67-20-19-66-21-22-68-27-37(62)58-42(47(3,4)5)44(64)59-18-8-9-36(59)43(63)55-26-31-10-12-32(13-11-31)41-30(2)56-28-71-41/h10-17,28,36,42H,8-9,18-24,26-27H2,1-7H3,(H,55,63)(H,58,62). The van der Waals surface area contributed by atoms with E-state index in [0.29, 0.717) is 42.2 Å². The molecule has 0 spiro atoms. The fraction of sp³-hybridized carbons (Fsp3) is 0.469. The zero-order valence-electron chi connectivity index (χ0n) is 40.4. The van der Waals surface area contributed by atoms with Gasteiger partial charge in [-0.1, -0.05) is 45.0 Å². The van der Waals surface area contributed by atoms with Gasteiger partial charge in [-0.2, -0.15) is 18.4 Å². The van der Waals surface area contributed by atoms with Gasteiger partial charge >= 0.3 is 6.18 Å². The van der Waals surface area contributed by atoms with Gasteiger partial charge in [0.15, 0.2) is 10.9 Å². The number of aromatic nitrogens is 2. The normalized spacial score (nSPS) is 16.3. The first-order chi connectivity index (χ1) is 33.6. The Morgan fingerprint density at radius 2 is 1.59 bits per heavy atom. The molecule has 2 aliphatic rings. The number of thiazole rings is 1. The molecule has 2 aliphatic heterocycles. The zero-order valence-corrected chi connectivity index (χ0v) is 42.0. The maximum atomic E-state index is 15.4. The number of rotatable bonds is 20. The lowest BCUT2D eigenvalue weighted by molar-refractivity contribution is -0.144. The van der Waals surface area contributed by atoms with Gasteiger partial charge in [0, 0.05) is 19.2 Å². The monoisotopic (exact) mass is 1020 g/mol. The molecule has 4 aromatic rings. The summed E-state index contributed by atoms with van der Waals surface area (Å²) >= 11 is 7.11. The summed E-state index contributed by atoms with van der Waals surface area (Å²) < 4.78 is 79.1. The number of alkyl halides is 3. The highest BCUT2D eigenvalue weighted by molar-refractivity contribution is 7.81. The Morgan fingerprint density at radius 1 is 0.944 bits per heavy atom. The topological polar surface area (TPSA) is 189 Å². The molecular formula is C49H56F4N8O8S2. The van der Waals surface area contributed by atoms with E-state index in [1.54, 1.807) is 29.2 Å². The van der Waals surface area contributed by atoms with Crippen molar-refractivity contribution in [1.82, 2.24) is 25.5 Å². The van der Waals surface area contributed by atoms with Crippen LogP contribution in [0.4, 0.5) is 28.9 Å². The van der Waals surface area contributed by atoms with Gasteiger partial charge < -0.3 is 39.4 Å². The van der Waals surface area contributed by atoms with Crippen LogP contribution in [0.15, 0.2) is 54.0 Å². The van der Waals surface area contributed by atoms with Crippen molar-refractivity contribution in [2.45, 2.75) is 91.7 Å². The fourth-order valence-electron chi connectivity index (χ4n) is 8.16. The molecule has 0 aliphatic carbocycles. The van der Waals surface area contributed by atoms with Gasteiger partial charge in [0.2, 0.25) is 23.6 Å². The number of aryl methyl sites for hydroxylation is 2. The second kappa shape index (κ2) is 23.0. The lowest BCUT2D eigenvalue weighted by Gasteiger charge is -2.35. The van der Waals surface area contributed by atoms with E-state index < -0.39 is 63.7 Å². The number of carbonyl (C=O) groups excluding carboxylic acids is 4. The van der Waals surface area contributed by atoms with Gasteiger partial charge in [-0.25, -0.2) is 14.4 Å². The number of likely N-dealkylation sites (tertiary alicyclic amines) is 1. The van der Waals surface area contributed by atoms with Crippen LogP contribution in [0.25, 0.3) is 10.4 Å². The number of hydrogen-bond donors (Lipinski definition) is 2. The lowest BCUT2D eigenvalue weighted by atomic mass is 9.85. The molecule has 22 heteroatoms. The lowest BCUT2D eigenvalue weighted by Crippen LogP contribution is -2.58. The summed E-state index contributed by atoms with van der Waals surface area (Å²) in [5, 5.41) is 14.7. The molecule has 2 saturated heterocycles. The zero-order chi connectivity index (χ0) is 51.8. The van der Waals surface area contributed by atoms with Crippen molar-refractivity contribution in [3.05, 3.63) is 87.9 Å². The van der Waals surface area contributed by atoms with Gasteiger partial charge in [-0.3, -0.25) is 24.1 Å². The number of nitriles is 1. The number of hydrogen-bond acceptors (Lipinski definition) is 13. The van der Waals surface area contributed by atoms with Gasteiger partial charge in [0.05, 0.1) is 77.8 Å². The van der Waals surface area contributed by atoms with Crippen LogP contribution in [0.2, 0.25) is 0 Å². The molecule has 2 aromatic heterocycles. The third-order valence-corrected chi connectivity index (χ3v) is 13.2. The number of carbonyl (C=O) groups is 4. The van der Waals surface area contributed by atoms with Crippen LogP contribution in [-0.2, 0) is 46.1 Å². The number of halogens is 4. The molecule has 2 N–H and O–H groups in total. The Kier molecular flexibility index (Phi) is 17.5. The molecule has 0 saturated carbocycles. The molecule has 2 aromatic carbocycles. The highest BCUT2D eigenvalue weighted by atomic mass is 32.1. The third kappa shape index (κ3) is 12.7. The van der Waals surface area contributed by atoms with Gasteiger partial charge in [-0.15, -0.1) is 11.3 Å². The largest absolute Gasteiger partial charge is 0.475 e. The van der Waals surface area contributed by atoms with Crippen LogP contribution < -0.4 is 25.2 Å². The number of nitrogens with zero attached hydrogens (tertiary/aromatic N) is 6. The minimum absolute atomic E-state index is 0.102. The van der Waals surface area contributed by atoms with E-state index in [2.05, 4.69) is 20.6 Å². The van der Waals surface area contributed by atoms with Crippen molar-refractivity contribution in [3.8, 4) is 22.4 Å². The smallest absolute Gasteiger partial charge is 0.420 e. The summed E-state index contributed by atoms with van der Waals surface area (Å²) in [5.41, 5.74) is -0.125. The Balaban J connectivity index is 0.877. The van der Waals surface area contributed by atoms with Crippen LogP contribution in [0.5, 0.6) is 5.88 Å². The average molecular weight is 1030 g/mol. The van der Waals surface area contributed by atoms with E-state index >= 15 is 4.39 Å². The first-order valence-corrected chi connectivity index (χ1v) is 24.0. The van der Waals surface area contributed by atoms with Crippen molar-refractivity contribution in [2.24, 2.45) is 5.41 Å². The van der Waals surface area contributed by atoms with Crippen LogP contribution in [0.3, 0.4) is 0 Å². The molecule has 6 rings (SSSR count). The Bertz CT molecular complexity index is 2650. The van der Waals surface area contributed by atoms with Crippen molar-refractivity contribution < 1.29 is 55.7 Å². The molecule has 2 fully saturated rings. The van der Waals surface area contributed by atoms with E-state index in [9.17, 15) is 37.6 Å². The maximum Gasteiger partial charge on any atom is 0.420 e. The number of thiocarbonyl (C=S) groups is 1. The predicted octanol–water partition coefficient (Wildman–Crippen LogP) is 7.04. The third-order valence-electron chi connectivity index (χ3n) is 11.8. The first kappa shape index (κ1) is 54.2. The van der Waals surface area contributed by atoms with Gasteiger partial charge in [-0.05, 0) is 87.5 Å². The summed E-state index contributed by atoms with van der Waals surface area (Å²) in [7, 11) is 0. The van der Waals surface area contributed by atoms with E-state index in [-0.39, 0.29) is 69.1 Å².